The maximum Gasteiger partial charge on any atom is 0.106 e. The number of hydrogen-bond donors (Lipinski definition) is 3. The zero-order chi connectivity index (χ0) is 11.3. The molecule has 3 nitrogen and oxygen atoms in total. The highest BCUT2D eigenvalue weighted by Crippen LogP contribution is 2.22. The molecule has 0 aliphatic heterocycles. The van der Waals surface area contributed by atoms with Gasteiger partial charge in [0.15, 0.2) is 0 Å². The van der Waals surface area contributed by atoms with Crippen molar-refractivity contribution < 1.29 is 15.3 Å². The Morgan fingerprint density at radius 2 is 1.87 bits per heavy atom. The monoisotopic (exact) mass is 274 g/mol. The average Bonchev–Trinajstić information content (AvgIpc) is 2.28. The van der Waals surface area contributed by atoms with Crippen LogP contribution in [0.3, 0.4) is 0 Å². The Kier molecular flexibility index (Phi) is 5.25. The van der Waals surface area contributed by atoms with Crippen LogP contribution >= 0.6 is 15.9 Å². The normalized spacial score (nSPS) is 14.9. The summed E-state index contributed by atoms with van der Waals surface area (Å²) in [5.74, 6) is 0. The molecule has 0 heterocycles. The van der Waals surface area contributed by atoms with E-state index in [1.807, 2.05) is 12.1 Å². The standard InChI is InChI=1S/C11H15BrO3/c12-7-10(14)11(15)9-4-2-1-3-8(9)5-6-13/h1-4,10-11,13-15H,5-7H2. The number of aliphatic hydroxyl groups excluding tert-OH is 3. The summed E-state index contributed by atoms with van der Waals surface area (Å²) >= 11 is 3.12. The van der Waals surface area contributed by atoms with Gasteiger partial charge in [0.25, 0.3) is 0 Å². The van der Waals surface area contributed by atoms with Gasteiger partial charge in [-0.2, -0.15) is 0 Å². The Morgan fingerprint density at radius 3 is 2.47 bits per heavy atom. The third kappa shape index (κ3) is 3.28. The minimum Gasteiger partial charge on any atom is -0.396 e. The predicted octanol–water partition coefficient (Wildman–Crippen LogP) is 1.01. The molecule has 0 saturated carbocycles. The zero-order valence-electron chi connectivity index (χ0n) is 8.31. The van der Waals surface area contributed by atoms with Crippen molar-refractivity contribution in [2.75, 3.05) is 11.9 Å². The van der Waals surface area contributed by atoms with Gasteiger partial charge in [0.2, 0.25) is 0 Å². The van der Waals surface area contributed by atoms with Crippen molar-refractivity contribution in [1.82, 2.24) is 0 Å². The quantitative estimate of drug-likeness (QED) is 0.703. The average molecular weight is 275 g/mol. The van der Waals surface area contributed by atoms with E-state index in [0.717, 1.165) is 5.56 Å². The Morgan fingerprint density at radius 1 is 1.20 bits per heavy atom. The molecule has 0 amide bonds. The van der Waals surface area contributed by atoms with Crippen molar-refractivity contribution >= 4 is 15.9 Å². The van der Waals surface area contributed by atoms with Gasteiger partial charge in [-0.1, -0.05) is 40.2 Å². The molecule has 0 spiro atoms. The summed E-state index contributed by atoms with van der Waals surface area (Å²) in [4.78, 5) is 0. The van der Waals surface area contributed by atoms with E-state index in [1.54, 1.807) is 12.1 Å². The Bertz CT molecular complexity index is 304. The van der Waals surface area contributed by atoms with Gasteiger partial charge in [-0.3, -0.25) is 0 Å². The van der Waals surface area contributed by atoms with Crippen LogP contribution in [0, 0.1) is 0 Å². The van der Waals surface area contributed by atoms with E-state index in [4.69, 9.17) is 5.11 Å². The summed E-state index contributed by atoms with van der Waals surface area (Å²) in [7, 11) is 0. The predicted molar refractivity (Wildman–Crippen MR) is 62.0 cm³/mol. The topological polar surface area (TPSA) is 60.7 Å². The van der Waals surface area contributed by atoms with E-state index in [1.165, 1.54) is 0 Å². The highest BCUT2D eigenvalue weighted by atomic mass is 79.9. The van der Waals surface area contributed by atoms with Crippen LogP contribution in [0.5, 0.6) is 0 Å². The molecule has 0 bridgehead atoms. The van der Waals surface area contributed by atoms with Crippen LogP contribution < -0.4 is 0 Å². The smallest absolute Gasteiger partial charge is 0.106 e. The Hall–Kier alpha value is -0.420. The largest absolute Gasteiger partial charge is 0.396 e. The highest BCUT2D eigenvalue weighted by Gasteiger charge is 2.19. The molecule has 0 saturated heterocycles. The minimum absolute atomic E-state index is 0.0359. The second-order valence-electron chi connectivity index (χ2n) is 3.34. The molecule has 0 fully saturated rings. The van der Waals surface area contributed by atoms with Gasteiger partial charge in [-0.05, 0) is 17.5 Å². The van der Waals surface area contributed by atoms with Crippen molar-refractivity contribution in [1.29, 1.82) is 0 Å². The molecule has 4 heteroatoms. The third-order valence-electron chi connectivity index (χ3n) is 2.28. The van der Waals surface area contributed by atoms with Gasteiger partial charge in [0, 0.05) is 11.9 Å². The molecular weight excluding hydrogens is 260 g/mol. The lowest BCUT2D eigenvalue weighted by Crippen LogP contribution is -2.20. The lowest BCUT2D eigenvalue weighted by atomic mass is 9.97. The number of benzene rings is 1. The molecular formula is C11H15BrO3. The van der Waals surface area contributed by atoms with Gasteiger partial charge in [0.05, 0.1) is 6.10 Å². The van der Waals surface area contributed by atoms with E-state index in [9.17, 15) is 10.2 Å². The minimum atomic E-state index is -0.910. The first-order valence-corrected chi connectivity index (χ1v) is 5.93. The number of halogens is 1. The molecule has 2 atom stereocenters. The fraction of sp³-hybridized carbons (Fsp3) is 0.455. The molecule has 0 aliphatic carbocycles. The van der Waals surface area contributed by atoms with Crippen LogP contribution in [0.2, 0.25) is 0 Å². The Balaban J connectivity index is 2.91. The number of hydrogen-bond acceptors (Lipinski definition) is 3. The van der Waals surface area contributed by atoms with E-state index >= 15 is 0 Å². The van der Waals surface area contributed by atoms with E-state index < -0.39 is 12.2 Å². The second-order valence-corrected chi connectivity index (χ2v) is 3.99. The summed E-state index contributed by atoms with van der Waals surface area (Å²) in [6, 6.07) is 7.26. The van der Waals surface area contributed by atoms with Gasteiger partial charge in [-0.25, -0.2) is 0 Å². The fourth-order valence-corrected chi connectivity index (χ4v) is 1.82. The molecule has 3 N–H and O–H groups in total. The lowest BCUT2D eigenvalue weighted by molar-refractivity contribution is 0.0336. The van der Waals surface area contributed by atoms with Gasteiger partial charge < -0.3 is 15.3 Å². The molecule has 15 heavy (non-hydrogen) atoms. The van der Waals surface area contributed by atoms with Gasteiger partial charge in [0.1, 0.15) is 6.10 Å². The molecule has 1 rings (SSSR count). The lowest BCUT2D eigenvalue weighted by Gasteiger charge is -2.18. The number of alkyl halides is 1. The molecule has 1 aromatic carbocycles. The fourth-order valence-electron chi connectivity index (χ4n) is 1.46. The first-order valence-electron chi connectivity index (χ1n) is 4.81. The summed E-state index contributed by atoms with van der Waals surface area (Å²) in [6.45, 7) is 0.0359. The van der Waals surface area contributed by atoms with Crippen molar-refractivity contribution in [3.05, 3.63) is 35.4 Å². The maximum atomic E-state index is 9.83. The summed E-state index contributed by atoms with van der Waals surface area (Å²) in [6.07, 6.45) is -1.25. The van der Waals surface area contributed by atoms with Gasteiger partial charge >= 0.3 is 0 Å². The molecule has 2 unspecified atom stereocenters. The first kappa shape index (κ1) is 12.6. The summed E-state index contributed by atoms with van der Waals surface area (Å²) < 4.78 is 0. The molecule has 0 aromatic heterocycles. The van der Waals surface area contributed by atoms with Crippen LogP contribution in [0.1, 0.15) is 17.2 Å². The van der Waals surface area contributed by atoms with Crippen LogP contribution in [-0.4, -0.2) is 33.4 Å². The van der Waals surface area contributed by atoms with Crippen molar-refractivity contribution in [3.8, 4) is 0 Å². The van der Waals surface area contributed by atoms with Crippen LogP contribution in [0.25, 0.3) is 0 Å². The number of aliphatic hydroxyl groups is 3. The van der Waals surface area contributed by atoms with Crippen molar-refractivity contribution in [3.63, 3.8) is 0 Å². The van der Waals surface area contributed by atoms with Crippen LogP contribution in [-0.2, 0) is 6.42 Å². The first-order chi connectivity index (χ1) is 7.20. The molecule has 0 radical (unpaired) electrons. The van der Waals surface area contributed by atoms with E-state index in [2.05, 4.69) is 15.9 Å². The Labute approximate surface area is 97.5 Å². The van der Waals surface area contributed by atoms with Gasteiger partial charge in [-0.15, -0.1) is 0 Å². The summed E-state index contributed by atoms with van der Waals surface area (Å²) in [5.41, 5.74) is 1.55. The SMILES string of the molecule is OCCc1ccccc1C(O)C(O)CBr. The molecule has 0 aliphatic rings. The van der Waals surface area contributed by atoms with Crippen molar-refractivity contribution in [2.45, 2.75) is 18.6 Å². The van der Waals surface area contributed by atoms with Crippen molar-refractivity contribution in [2.24, 2.45) is 0 Å². The second kappa shape index (κ2) is 6.23. The van der Waals surface area contributed by atoms with Crippen LogP contribution in [0.15, 0.2) is 24.3 Å². The van der Waals surface area contributed by atoms with Crippen LogP contribution in [0.4, 0.5) is 0 Å². The highest BCUT2D eigenvalue weighted by molar-refractivity contribution is 9.09. The number of rotatable bonds is 5. The van der Waals surface area contributed by atoms with E-state index in [0.29, 0.717) is 17.3 Å². The summed E-state index contributed by atoms with van der Waals surface area (Å²) in [5, 5.41) is 28.5. The molecule has 1 aromatic rings. The van der Waals surface area contributed by atoms with E-state index in [-0.39, 0.29) is 6.61 Å². The zero-order valence-corrected chi connectivity index (χ0v) is 9.89. The maximum absolute atomic E-state index is 9.83. The third-order valence-corrected chi connectivity index (χ3v) is 2.94. The molecule has 84 valence electrons.